The fourth-order valence-electron chi connectivity index (χ4n) is 3.00. The molecule has 1 fully saturated rings. The minimum atomic E-state index is -0.874. The van der Waals surface area contributed by atoms with Crippen LogP contribution in [0.3, 0.4) is 0 Å². The molecule has 1 aromatic carbocycles. The summed E-state index contributed by atoms with van der Waals surface area (Å²) in [6.45, 7) is 0. The highest BCUT2D eigenvalue weighted by Gasteiger charge is 2.43. The summed E-state index contributed by atoms with van der Waals surface area (Å²) in [7, 11) is 0. The number of carbonyl (C=O) groups is 1. The molecule has 1 aromatic rings. The summed E-state index contributed by atoms with van der Waals surface area (Å²) in [5.74, 6) is -0.256. The highest BCUT2D eigenvalue weighted by molar-refractivity contribution is 5.88. The van der Waals surface area contributed by atoms with Crippen LogP contribution >= 0.6 is 0 Å². The van der Waals surface area contributed by atoms with Crippen molar-refractivity contribution < 1.29 is 15.0 Å². The van der Waals surface area contributed by atoms with Crippen molar-refractivity contribution in [1.82, 2.24) is 0 Å². The van der Waals surface area contributed by atoms with E-state index >= 15 is 0 Å². The van der Waals surface area contributed by atoms with Crippen LogP contribution < -0.4 is 0 Å². The van der Waals surface area contributed by atoms with Crippen LogP contribution in [0, 0.1) is 0 Å². The number of fused-ring (bicyclic) bond motifs is 5. The number of carboxylic acids is 1. The van der Waals surface area contributed by atoms with Crippen molar-refractivity contribution in [3.63, 3.8) is 0 Å². The Labute approximate surface area is 87.4 Å². The quantitative estimate of drug-likeness (QED) is 0.732. The fourth-order valence-corrected chi connectivity index (χ4v) is 3.00. The minimum absolute atomic E-state index is 0.224. The molecule has 0 amide bonds. The van der Waals surface area contributed by atoms with E-state index in [1.165, 1.54) is 0 Å². The maximum Gasteiger partial charge on any atom is 0.335 e. The maximum atomic E-state index is 10.8. The lowest BCUT2D eigenvalue weighted by atomic mass is 9.89. The predicted octanol–water partition coefficient (Wildman–Crippen LogP) is 1.72. The van der Waals surface area contributed by atoms with Crippen LogP contribution in [0.15, 0.2) is 18.2 Å². The second-order valence-corrected chi connectivity index (χ2v) is 4.49. The van der Waals surface area contributed by atoms with Crippen molar-refractivity contribution in [3.8, 4) is 0 Å². The lowest BCUT2D eigenvalue weighted by Crippen LogP contribution is -2.15. The molecule has 0 spiro atoms. The largest absolute Gasteiger partial charge is 0.478 e. The molecule has 0 unspecified atom stereocenters. The van der Waals surface area contributed by atoms with Gasteiger partial charge in [-0.15, -0.1) is 0 Å². The summed E-state index contributed by atoms with van der Waals surface area (Å²) >= 11 is 0. The third-order valence-corrected chi connectivity index (χ3v) is 3.70. The number of benzene rings is 1. The molecule has 2 aliphatic rings. The van der Waals surface area contributed by atoms with Gasteiger partial charge in [-0.05, 0) is 42.0 Å². The van der Waals surface area contributed by atoms with Gasteiger partial charge in [0.15, 0.2) is 0 Å². The van der Waals surface area contributed by atoms with Gasteiger partial charge in [-0.25, -0.2) is 4.79 Å². The average molecular weight is 204 g/mol. The number of carboxylic acid groups (broad SMARTS) is 1. The number of aromatic carboxylic acids is 1. The number of hydrogen-bond acceptors (Lipinski definition) is 2. The molecule has 0 aliphatic heterocycles. The Kier molecular flexibility index (Phi) is 1.68. The highest BCUT2D eigenvalue weighted by Crippen LogP contribution is 2.53. The molecule has 2 aliphatic carbocycles. The summed E-state index contributed by atoms with van der Waals surface area (Å²) in [5.41, 5.74) is 2.66. The van der Waals surface area contributed by atoms with E-state index in [4.69, 9.17) is 5.11 Å². The minimum Gasteiger partial charge on any atom is -0.478 e. The Morgan fingerprint density at radius 2 is 2.07 bits per heavy atom. The second-order valence-electron chi connectivity index (χ2n) is 4.49. The molecule has 3 rings (SSSR count). The third-order valence-electron chi connectivity index (χ3n) is 3.70. The van der Waals surface area contributed by atoms with E-state index in [1.54, 1.807) is 12.1 Å². The SMILES string of the molecule is O=C(O)c1ccc2c(c1)[C@@H]1C[C@@H](O)[C@H]2C1. The van der Waals surface area contributed by atoms with Gasteiger partial charge < -0.3 is 10.2 Å². The predicted molar refractivity (Wildman–Crippen MR) is 54.1 cm³/mol. The number of aliphatic hydroxyl groups excluding tert-OH is 1. The molecule has 2 N–H and O–H groups in total. The van der Waals surface area contributed by atoms with Crippen molar-refractivity contribution >= 4 is 5.97 Å². The topological polar surface area (TPSA) is 57.5 Å². The monoisotopic (exact) mass is 204 g/mol. The molecular formula is C12H12O3. The molecule has 0 radical (unpaired) electrons. The van der Waals surface area contributed by atoms with Gasteiger partial charge in [-0.3, -0.25) is 0 Å². The maximum absolute atomic E-state index is 10.8. The van der Waals surface area contributed by atoms with Gasteiger partial charge >= 0.3 is 5.97 Å². The molecule has 3 nitrogen and oxygen atoms in total. The van der Waals surface area contributed by atoms with E-state index in [0.717, 1.165) is 24.0 Å². The van der Waals surface area contributed by atoms with Crippen LogP contribution in [0.1, 0.15) is 46.2 Å². The number of rotatable bonds is 1. The second kappa shape index (κ2) is 2.83. The van der Waals surface area contributed by atoms with E-state index in [0.29, 0.717) is 11.5 Å². The van der Waals surface area contributed by atoms with Gasteiger partial charge in [0.1, 0.15) is 0 Å². The van der Waals surface area contributed by atoms with E-state index in [-0.39, 0.29) is 12.0 Å². The molecule has 1 saturated carbocycles. The Balaban J connectivity index is 2.09. The smallest absolute Gasteiger partial charge is 0.335 e. The van der Waals surface area contributed by atoms with Crippen molar-refractivity contribution in [2.45, 2.75) is 30.8 Å². The van der Waals surface area contributed by atoms with E-state index in [9.17, 15) is 9.90 Å². The lowest BCUT2D eigenvalue weighted by molar-refractivity contribution is 0.0696. The first-order valence-electron chi connectivity index (χ1n) is 5.22. The average Bonchev–Trinajstić information content (AvgIpc) is 2.74. The van der Waals surface area contributed by atoms with Gasteiger partial charge in [0.2, 0.25) is 0 Å². The highest BCUT2D eigenvalue weighted by atomic mass is 16.4. The van der Waals surface area contributed by atoms with Gasteiger partial charge in [-0.2, -0.15) is 0 Å². The van der Waals surface area contributed by atoms with Gasteiger partial charge in [0.05, 0.1) is 11.7 Å². The molecule has 0 saturated heterocycles. The number of hydrogen-bond donors (Lipinski definition) is 2. The van der Waals surface area contributed by atoms with Gasteiger partial charge in [0.25, 0.3) is 0 Å². The molecule has 0 aromatic heterocycles. The molecule has 3 heteroatoms. The number of aliphatic hydroxyl groups is 1. The first-order chi connectivity index (χ1) is 7.16. The molecule has 3 atom stereocenters. The summed E-state index contributed by atoms with van der Waals surface area (Å²) in [5, 5.41) is 18.6. The molecular weight excluding hydrogens is 192 g/mol. The Morgan fingerprint density at radius 3 is 2.80 bits per heavy atom. The van der Waals surface area contributed by atoms with E-state index in [1.807, 2.05) is 6.07 Å². The van der Waals surface area contributed by atoms with Crippen molar-refractivity contribution in [2.75, 3.05) is 0 Å². The van der Waals surface area contributed by atoms with Crippen LogP contribution in [0.2, 0.25) is 0 Å². The summed E-state index contributed by atoms with van der Waals surface area (Å²) < 4.78 is 0. The Morgan fingerprint density at radius 1 is 1.27 bits per heavy atom. The molecule has 2 bridgehead atoms. The fraction of sp³-hybridized carbons (Fsp3) is 0.417. The zero-order chi connectivity index (χ0) is 10.6. The third kappa shape index (κ3) is 1.13. The van der Waals surface area contributed by atoms with Crippen molar-refractivity contribution in [2.24, 2.45) is 0 Å². The summed E-state index contributed by atoms with van der Waals surface area (Å²) in [6.07, 6.45) is 1.55. The van der Waals surface area contributed by atoms with Crippen LogP contribution in [-0.2, 0) is 0 Å². The van der Waals surface area contributed by atoms with Crippen LogP contribution in [0.5, 0.6) is 0 Å². The molecule has 0 heterocycles. The first-order valence-corrected chi connectivity index (χ1v) is 5.22. The van der Waals surface area contributed by atoms with Gasteiger partial charge in [0, 0.05) is 5.92 Å². The normalized spacial score (nSPS) is 31.7. The lowest BCUT2D eigenvalue weighted by Gasteiger charge is -2.20. The van der Waals surface area contributed by atoms with Crippen molar-refractivity contribution in [3.05, 3.63) is 34.9 Å². The summed E-state index contributed by atoms with van der Waals surface area (Å²) in [6, 6.07) is 5.27. The molecule has 15 heavy (non-hydrogen) atoms. The first kappa shape index (κ1) is 8.92. The van der Waals surface area contributed by atoms with E-state index < -0.39 is 5.97 Å². The standard InChI is InChI=1S/C12H12O3/c13-11-5-7-4-10(11)8-2-1-6(12(14)15)3-9(7)8/h1-3,7,10-11,13H,4-5H2,(H,14,15)/t7-,10-,11+/m0/s1. The Hall–Kier alpha value is -1.35. The summed E-state index contributed by atoms with van der Waals surface area (Å²) in [4.78, 5) is 10.8. The van der Waals surface area contributed by atoms with E-state index in [2.05, 4.69) is 0 Å². The van der Waals surface area contributed by atoms with Crippen LogP contribution in [0.25, 0.3) is 0 Å². The van der Waals surface area contributed by atoms with Crippen LogP contribution in [-0.4, -0.2) is 22.3 Å². The zero-order valence-corrected chi connectivity index (χ0v) is 8.18. The van der Waals surface area contributed by atoms with Crippen LogP contribution in [0.4, 0.5) is 0 Å². The zero-order valence-electron chi connectivity index (χ0n) is 8.18. The molecule has 78 valence electrons. The van der Waals surface area contributed by atoms with Crippen molar-refractivity contribution in [1.29, 1.82) is 0 Å². The Bertz CT molecular complexity index is 438. The van der Waals surface area contributed by atoms with Gasteiger partial charge in [-0.1, -0.05) is 6.07 Å².